The van der Waals surface area contributed by atoms with Crippen molar-refractivity contribution in [2.45, 2.75) is 12.5 Å². The smallest absolute Gasteiger partial charge is 0.326 e. The third-order valence-corrected chi connectivity index (χ3v) is 3.01. The van der Waals surface area contributed by atoms with Gasteiger partial charge in [-0.2, -0.15) is 11.8 Å². The molecule has 0 aromatic carbocycles. The van der Waals surface area contributed by atoms with Gasteiger partial charge >= 0.3 is 5.97 Å². The first-order valence-electron chi connectivity index (χ1n) is 4.82. The van der Waals surface area contributed by atoms with Crippen LogP contribution in [0.3, 0.4) is 0 Å². The number of nitrogens with one attached hydrogen (secondary N) is 1. The van der Waals surface area contributed by atoms with E-state index < -0.39 is 17.9 Å². The number of carbonyl (C=O) groups excluding carboxylic acids is 1. The molecule has 1 atom stereocenters. The molecule has 1 aromatic rings. The molecular weight excluding hydrogens is 266 g/mol. The third kappa shape index (κ3) is 3.98. The number of carbonyl (C=O) groups is 2. The Morgan fingerprint density at radius 3 is 2.82 bits per heavy atom. The van der Waals surface area contributed by atoms with E-state index >= 15 is 0 Å². The predicted molar refractivity (Wildman–Crippen MR) is 65.6 cm³/mol. The van der Waals surface area contributed by atoms with Crippen LogP contribution in [-0.2, 0) is 4.79 Å². The Balaban J connectivity index is 2.64. The highest BCUT2D eigenvalue weighted by Crippen LogP contribution is 2.16. The van der Waals surface area contributed by atoms with Crippen molar-refractivity contribution in [1.82, 2.24) is 5.32 Å². The van der Waals surface area contributed by atoms with E-state index in [9.17, 15) is 9.59 Å². The fourth-order valence-electron chi connectivity index (χ4n) is 1.18. The number of amides is 1. The quantitative estimate of drug-likeness (QED) is 0.830. The zero-order valence-electron chi connectivity index (χ0n) is 9.10. The van der Waals surface area contributed by atoms with Gasteiger partial charge in [-0.25, -0.2) is 4.79 Å². The minimum atomic E-state index is -1.06. The van der Waals surface area contributed by atoms with Crippen molar-refractivity contribution in [2.75, 3.05) is 12.0 Å². The molecule has 0 spiro atoms. The SMILES string of the molecule is CSCCC(NC(=O)c1ccoc1Cl)C(=O)O. The first-order valence-corrected chi connectivity index (χ1v) is 6.59. The lowest BCUT2D eigenvalue weighted by atomic mass is 10.2. The number of carboxylic acid groups (broad SMARTS) is 1. The molecule has 1 amide bonds. The molecule has 0 saturated heterocycles. The minimum absolute atomic E-state index is 0.0449. The number of hydrogen-bond acceptors (Lipinski definition) is 4. The Kier molecular flexibility index (Phi) is 5.37. The Labute approximate surface area is 108 Å². The molecule has 1 rings (SSSR count). The van der Waals surface area contributed by atoms with Gasteiger partial charge in [0.2, 0.25) is 5.22 Å². The van der Waals surface area contributed by atoms with E-state index in [0.717, 1.165) is 0 Å². The second-order valence-electron chi connectivity index (χ2n) is 3.25. The summed E-state index contributed by atoms with van der Waals surface area (Å²) in [6.45, 7) is 0. The number of thioether (sulfide) groups is 1. The molecule has 0 radical (unpaired) electrons. The molecular formula is C10H12ClNO4S. The molecule has 0 aliphatic rings. The van der Waals surface area contributed by atoms with Crippen molar-refractivity contribution < 1.29 is 19.1 Å². The second kappa shape index (κ2) is 6.56. The van der Waals surface area contributed by atoms with E-state index in [1.807, 2.05) is 6.26 Å². The molecule has 1 aromatic heterocycles. The van der Waals surface area contributed by atoms with E-state index in [0.29, 0.717) is 12.2 Å². The van der Waals surface area contributed by atoms with Gasteiger partial charge in [-0.05, 0) is 36.1 Å². The van der Waals surface area contributed by atoms with Crippen molar-refractivity contribution >= 4 is 35.2 Å². The molecule has 17 heavy (non-hydrogen) atoms. The van der Waals surface area contributed by atoms with Gasteiger partial charge < -0.3 is 14.8 Å². The maximum atomic E-state index is 11.7. The zero-order valence-corrected chi connectivity index (χ0v) is 10.7. The van der Waals surface area contributed by atoms with Gasteiger partial charge in [0, 0.05) is 0 Å². The number of aliphatic carboxylic acids is 1. The monoisotopic (exact) mass is 277 g/mol. The summed E-state index contributed by atoms with van der Waals surface area (Å²) in [6.07, 6.45) is 3.50. The molecule has 0 aliphatic heterocycles. The Bertz CT molecular complexity index is 407. The van der Waals surface area contributed by atoms with Crippen LogP contribution in [0.2, 0.25) is 5.22 Å². The lowest BCUT2D eigenvalue weighted by Gasteiger charge is -2.13. The second-order valence-corrected chi connectivity index (χ2v) is 4.58. The lowest BCUT2D eigenvalue weighted by Crippen LogP contribution is -2.41. The lowest BCUT2D eigenvalue weighted by molar-refractivity contribution is -0.139. The first-order chi connectivity index (χ1) is 8.06. The molecule has 1 unspecified atom stereocenters. The van der Waals surface area contributed by atoms with Crippen molar-refractivity contribution in [3.05, 3.63) is 23.1 Å². The normalized spacial score (nSPS) is 12.1. The van der Waals surface area contributed by atoms with Gasteiger partial charge in [0.1, 0.15) is 6.04 Å². The van der Waals surface area contributed by atoms with Gasteiger partial charge in [-0.1, -0.05) is 0 Å². The number of rotatable bonds is 6. The van der Waals surface area contributed by atoms with Crippen molar-refractivity contribution in [3.63, 3.8) is 0 Å². The maximum absolute atomic E-state index is 11.7. The van der Waals surface area contributed by atoms with Crippen molar-refractivity contribution in [3.8, 4) is 0 Å². The third-order valence-electron chi connectivity index (χ3n) is 2.08. The van der Waals surface area contributed by atoms with Crippen LogP contribution < -0.4 is 5.32 Å². The molecule has 0 fully saturated rings. The Morgan fingerprint density at radius 1 is 1.65 bits per heavy atom. The maximum Gasteiger partial charge on any atom is 0.326 e. The van der Waals surface area contributed by atoms with Gasteiger partial charge in [0.05, 0.1) is 11.8 Å². The predicted octanol–water partition coefficient (Wildman–Crippen LogP) is 1.87. The fourth-order valence-corrected chi connectivity index (χ4v) is 1.86. The molecule has 94 valence electrons. The van der Waals surface area contributed by atoms with E-state index in [2.05, 4.69) is 5.32 Å². The summed E-state index contributed by atoms with van der Waals surface area (Å²) in [7, 11) is 0. The van der Waals surface area contributed by atoms with Crippen LogP contribution in [0.15, 0.2) is 16.7 Å². The van der Waals surface area contributed by atoms with Crippen LogP contribution in [0.1, 0.15) is 16.8 Å². The average Bonchev–Trinajstić information content (AvgIpc) is 2.70. The van der Waals surface area contributed by atoms with Gasteiger partial charge in [0.25, 0.3) is 5.91 Å². The largest absolute Gasteiger partial charge is 0.480 e. The fraction of sp³-hybridized carbons (Fsp3) is 0.400. The Morgan fingerprint density at radius 2 is 2.35 bits per heavy atom. The number of halogens is 1. The molecule has 0 saturated carbocycles. The van der Waals surface area contributed by atoms with Crippen LogP contribution in [-0.4, -0.2) is 35.0 Å². The molecule has 2 N–H and O–H groups in total. The van der Waals surface area contributed by atoms with E-state index in [1.54, 1.807) is 0 Å². The molecule has 0 bridgehead atoms. The highest BCUT2D eigenvalue weighted by atomic mass is 35.5. The van der Waals surface area contributed by atoms with Crippen LogP contribution in [0, 0.1) is 0 Å². The van der Waals surface area contributed by atoms with Crippen molar-refractivity contribution in [2.24, 2.45) is 0 Å². The van der Waals surface area contributed by atoms with Crippen LogP contribution in [0.25, 0.3) is 0 Å². The summed E-state index contributed by atoms with van der Waals surface area (Å²) >= 11 is 7.14. The first kappa shape index (κ1) is 13.9. The van der Waals surface area contributed by atoms with E-state index in [-0.39, 0.29) is 10.8 Å². The number of carboxylic acids is 1. The highest BCUT2D eigenvalue weighted by Gasteiger charge is 2.22. The zero-order chi connectivity index (χ0) is 12.8. The summed E-state index contributed by atoms with van der Waals surface area (Å²) in [4.78, 5) is 22.6. The highest BCUT2D eigenvalue weighted by molar-refractivity contribution is 7.98. The summed E-state index contributed by atoms with van der Waals surface area (Å²) in [5.74, 6) is -0.958. The molecule has 1 heterocycles. The number of hydrogen-bond donors (Lipinski definition) is 2. The van der Waals surface area contributed by atoms with E-state index in [1.165, 1.54) is 24.1 Å². The standard InChI is InChI=1S/C10H12ClNO4S/c1-17-5-3-7(10(14)15)12-9(13)6-2-4-16-8(6)11/h2,4,7H,3,5H2,1H3,(H,12,13)(H,14,15). The molecule has 0 aliphatic carbocycles. The summed E-state index contributed by atoms with van der Waals surface area (Å²) in [5, 5.41) is 11.3. The summed E-state index contributed by atoms with van der Waals surface area (Å²) in [5.41, 5.74) is 0.141. The minimum Gasteiger partial charge on any atom is -0.480 e. The summed E-state index contributed by atoms with van der Waals surface area (Å²) < 4.78 is 4.76. The van der Waals surface area contributed by atoms with Crippen molar-refractivity contribution in [1.29, 1.82) is 0 Å². The van der Waals surface area contributed by atoms with Crippen LogP contribution in [0.4, 0.5) is 0 Å². The Hall–Kier alpha value is -1.14. The van der Waals surface area contributed by atoms with Gasteiger partial charge in [-0.3, -0.25) is 4.79 Å². The summed E-state index contributed by atoms with van der Waals surface area (Å²) in [6, 6.07) is 0.478. The van der Waals surface area contributed by atoms with E-state index in [4.69, 9.17) is 21.1 Å². The topological polar surface area (TPSA) is 79.5 Å². The number of furan rings is 1. The van der Waals surface area contributed by atoms with Crippen LogP contribution >= 0.6 is 23.4 Å². The van der Waals surface area contributed by atoms with Gasteiger partial charge in [-0.15, -0.1) is 0 Å². The van der Waals surface area contributed by atoms with Gasteiger partial charge in [0.15, 0.2) is 0 Å². The van der Waals surface area contributed by atoms with Crippen LogP contribution in [0.5, 0.6) is 0 Å². The molecule has 7 heteroatoms. The average molecular weight is 278 g/mol. The molecule has 5 nitrogen and oxygen atoms in total.